The van der Waals surface area contributed by atoms with Crippen molar-refractivity contribution in [1.82, 2.24) is 10.6 Å². The average molecular weight is 347 g/mol. The first kappa shape index (κ1) is 23.8. The van der Waals surface area contributed by atoms with E-state index in [1.54, 1.807) is 0 Å². The van der Waals surface area contributed by atoms with E-state index < -0.39 is 43.3 Å². The molecule has 6 N–H and O–H groups in total. The number of carboxylic acid groups (broad SMARTS) is 1. The quantitative estimate of drug-likeness (QED) is 0.252. The molecule has 2 amide bonds. The van der Waals surface area contributed by atoms with Crippen LogP contribution in [-0.4, -0.2) is 88.3 Å². The Morgan fingerprint density at radius 2 is 1.59 bits per heavy atom. The van der Waals surface area contributed by atoms with Crippen molar-refractivity contribution in [2.45, 2.75) is 38.4 Å². The molecular weight excluding hydrogens is 324 g/mol. The Morgan fingerprint density at radius 1 is 1.14 bits per heavy atom. The predicted octanol–water partition coefficient (Wildman–Crippen LogP) is -1.95. The molecule has 0 aliphatic heterocycles. The first-order valence-corrected chi connectivity index (χ1v) is 8.61. The molecule has 0 aliphatic rings. The Balaban J connectivity index is 0. The Morgan fingerprint density at radius 3 is 2.00 bits per heavy atom. The van der Waals surface area contributed by atoms with Gasteiger partial charge in [-0.15, -0.1) is 0 Å². The summed E-state index contributed by atoms with van der Waals surface area (Å²) < 4.78 is 11.1. The van der Waals surface area contributed by atoms with Gasteiger partial charge in [-0.1, -0.05) is 0 Å². The van der Waals surface area contributed by atoms with Gasteiger partial charge in [0.25, 0.3) is 0 Å². The molecule has 0 heterocycles. The number of nitrogens with two attached hydrogens (primary N) is 1. The third-order valence-corrected chi connectivity index (χ3v) is 3.76. The van der Waals surface area contributed by atoms with Crippen LogP contribution in [0.25, 0.3) is 0 Å². The fourth-order valence-electron chi connectivity index (χ4n) is 1.30. The van der Waals surface area contributed by atoms with Crippen LogP contribution in [0, 0.1) is 0 Å². The normalized spacial score (nSPS) is 17.1. The van der Waals surface area contributed by atoms with Gasteiger partial charge < -0.3 is 26.4 Å². The second-order valence-electron chi connectivity index (χ2n) is 4.97. The molecule has 4 atom stereocenters. The van der Waals surface area contributed by atoms with Gasteiger partial charge >= 0.3 is 35.5 Å². The van der Waals surface area contributed by atoms with Crippen molar-refractivity contribution >= 4 is 54.7 Å². The van der Waals surface area contributed by atoms with Crippen LogP contribution >= 0.6 is 7.37 Å². The van der Waals surface area contributed by atoms with Gasteiger partial charge in [-0.25, -0.2) is 0 Å². The summed E-state index contributed by atoms with van der Waals surface area (Å²) in [6.07, 6.45) is -0.0891. The summed E-state index contributed by atoms with van der Waals surface area (Å²) in [6, 6.07) is -3.06. The van der Waals surface area contributed by atoms with Crippen LogP contribution in [-0.2, 0) is 18.9 Å². The molecule has 0 aromatic carbocycles. The second kappa shape index (κ2) is 10.4. The Hall–Kier alpha value is -0.440. The Bertz CT molecular complexity index is 455. The SMILES string of the molecule is CC(NC(=O)C(C)NC(=O)C(N)CCP(C)(=O)O)C(=O)O.[NaH]. The number of aliphatic carboxylic acids is 1. The van der Waals surface area contributed by atoms with Crippen LogP contribution in [0.5, 0.6) is 0 Å². The van der Waals surface area contributed by atoms with Crippen LogP contribution in [0.4, 0.5) is 0 Å². The van der Waals surface area contributed by atoms with E-state index in [-0.39, 0.29) is 42.1 Å². The molecule has 0 spiro atoms. The van der Waals surface area contributed by atoms with E-state index in [2.05, 4.69) is 10.6 Å². The van der Waals surface area contributed by atoms with E-state index >= 15 is 0 Å². The van der Waals surface area contributed by atoms with E-state index in [4.69, 9.17) is 15.7 Å². The first-order chi connectivity index (χ1) is 9.44. The van der Waals surface area contributed by atoms with Crippen molar-refractivity contribution in [3.63, 3.8) is 0 Å². The molecule has 22 heavy (non-hydrogen) atoms. The third kappa shape index (κ3) is 10.3. The minimum absolute atomic E-state index is 0. The summed E-state index contributed by atoms with van der Waals surface area (Å²) in [6.45, 7) is 3.84. The van der Waals surface area contributed by atoms with Crippen LogP contribution in [0.15, 0.2) is 0 Å². The van der Waals surface area contributed by atoms with Crippen LogP contribution in [0.1, 0.15) is 20.3 Å². The van der Waals surface area contributed by atoms with Gasteiger partial charge in [0.05, 0.1) is 6.04 Å². The summed E-state index contributed by atoms with van der Waals surface area (Å²) >= 11 is 0. The number of hydrogen-bond donors (Lipinski definition) is 5. The van der Waals surface area contributed by atoms with E-state index in [0.717, 1.165) is 0 Å². The van der Waals surface area contributed by atoms with Gasteiger partial charge in [0.2, 0.25) is 11.8 Å². The van der Waals surface area contributed by atoms with Gasteiger partial charge in [0.1, 0.15) is 12.1 Å². The van der Waals surface area contributed by atoms with Crippen molar-refractivity contribution < 1.29 is 28.9 Å². The van der Waals surface area contributed by atoms with Crippen LogP contribution in [0.3, 0.4) is 0 Å². The molecule has 0 aromatic heterocycles. The zero-order chi connectivity index (χ0) is 16.8. The van der Waals surface area contributed by atoms with Crippen molar-refractivity contribution in [3.05, 3.63) is 0 Å². The van der Waals surface area contributed by atoms with E-state index in [9.17, 15) is 18.9 Å². The molecule has 4 unspecified atom stereocenters. The zero-order valence-corrected chi connectivity index (χ0v) is 13.1. The molecule has 0 bridgehead atoms. The molecule has 124 valence electrons. The fourth-order valence-corrected chi connectivity index (χ4v) is 2.05. The number of hydrogen-bond acceptors (Lipinski definition) is 5. The molecule has 0 rings (SSSR count). The number of carbonyl (C=O) groups excluding carboxylic acids is 2. The number of carboxylic acids is 1. The second-order valence-corrected chi connectivity index (χ2v) is 7.52. The van der Waals surface area contributed by atoms with E-state index in [0.29, 0.717) is 0 Å². The summed E-state index contributed by atoms with van der Waals surface area (Å²) in [5, 5.41) is 13.2. The molecule has 0 aromatic rings. The molecule has 0 saturated heterocycles. The van der Waals surface area contributed by atoms with Crippen LogP contribution in [0.2, 0.25) is 0 Å². The first-order valence-electron chi connectivity index (χ1n) is 6.32. The zero-order valence-electron chi connectivity index (χ0n) is 12.2. The Kier molecular flexibility index (Phi) is 11.2. The van der Waals surface area contributed by atoms with Crippen LogP contribution < -0.4 is 16.4 Å². The monoisotopic (exact) mass is 347 g/mol. The molecule has 9 nitrogen and oxygen atoms in total. The predicted molar refractivity (Wildman–Crippen MR) is 83.2 cm³/mol. The van der Waals surface area contributed by atoms with Crippen molar-refractivity contribution in [1.29, 1.82) is 0 Å². The Labute approximate surface area is 151 Å². The van der Waals surface area contributed by atoms with Crippen molar-refractivity contribution in [2.24, 2.45) is 5.73 Å². The summed E-state index contributed by atoms with van der Waals surface area (Å²) in [4.78, 5) is 43.0. The van der Waals surface area contributed by atoms with Gasteiger partial charge in [0.15, 0.2) is 7.37 Å². The number of nitrogens with one attached hydrogen (secondary N) is 2. The molecule has 0 fully saturated rings. The maximum absolute atomic E-state index is 11.7. The summed E-state index contributed by atoms with van der Waals surface area (Å²) in [5.74, 6) is -2.50. The van der Waals surface area contributed by atoms with Gasteiger partial charge in [-0.05, 0) is 20.3 Å². The molecule has 0 saturated carbocycles. The topological polar surface area (TPSA) is 159 Å². The van der Waals surface area contributed by atoms with Gasteiger partial charge in [0, 0.05) is 12.8 Å². The van der Waals surface area contributed by atoms with E-state index in [1.165, 1.54) is 20.5 Å². The number of carbonyl (C=O) groups is 3. The molecule has 0 radical (unpaired) electrons. The standard InChI is InChI=1S/C11H22N3O6P.Na.H/c1-6(9(15)14-7(2)11(17)18)13-10(16)8(12)4-5-21(3,19)20;;/h6-8H,4-5,12H2,1-3H3,(H,13,16)(H,14,15)(H,17,18)(H,19,20);;. The molecule has 0 aliphatic carbocycles. The molecule has 11 heteroatoms. The van der Waals surface area contributed by atoms with E-state index in [1.807, 2.05) is 0 Å². The van der Waals surface area contributed by atoms with Gasteiger partial charge in [-0.3, -0.25) is 18.9 Å². The van der Waals surface area contributed by atoms with Gasteiger partial charge in [-0.2, -0.15) is 0 Å². The molecular formula is C11H23N3NaO6P. The average Bonchev–Trinajstić information content (AvgIpc) is 2.34. The number of rotatable bonds is 8. The number of amides is 2. The third-order valence-electron chi connectivity index (χ3n) is 2.67. The maximum atomic E-state index is 11.7. The summed E-state index contributed by atoms with van der Waals surface area (Å²) in [7, 11) is -3.25. The minimum atomic E-state index is -3.25. The van der Waals surface area contributed by atoms with Crippen molar-refractivity contribution in [2.75, 3.05) is 12.8 Å². The van der Waals surface area contributed by atoms with Crippen molar-refractivity contribution in [3.8, 4) is 0 Å². The summed E-state index contributed by atoms with van der Waals surface area (Å²) in [5.41, 5.74) is 5.55. The fraction of sp³-hybridized carbons (Fsp3) is 0.727.